The van der Waals surface area contributed by atoms with Crippen LogP contribution in [0.5, 0.6) is 0 Å². The van der Waals surface area contributed by atoms with Crippen LogP contribution in [0.3, 0.4) is 0 Å². The molecule has 2 aliphatic heterocycles. The molecule has 1 aromatic rings. The summed E-state index contributed by atoms with van der Waals surface area (Å²) < 4.78 is 4.76. The molecular weight excluding hydrogens is 398 g/mol. The largest absolute Gasteiger partial charge is 0.469 e. The van der Waals surface area contributed by atoms with E-state index in [1.165, 1.54) is 7.11 Å². The molecule has 0 radical (unpaired) electrons. The van der Waals surface area contributed by atoms with E-state index in [-0.39, 0.29) is 29.8 Å². The molecule has 0 unspecified atom stereocenters. The van der Waals surface area contributed by atoms with Crippen LogP contribution in [-0.2, 0) is 30.1 Å². The van der Waals surface area contributed by atoms with Crippen molar-refractivity contribution in [2.45, 2.75) is 51.5 Å². The van der Waals surface area contributed by atoms with E-state index in [4.69, 9.17) is 4.74 Å². The van der Waals surface area contributed by atoms with Gasteiger partial charge in [0.1, 0.15) is 12.1 Å². The third-order valence-electron chi connectivity index (χ3n) is 6.28. The number of rotatable bonds is 4. The minimum absolute atomic E-state index is 0.0257. The quantitative estimate of drug-likeness (QED) is 0.585. The monoisotopic (exact) mass is 429 g/mol. The van der Waals surface area contributed by atoms with Gasteiger partial charge in [-0.05, 0) is 36.3 Å². The summed E-state index contributed by atoms with van der Waals surface area (Å²) in [4.78, 5) is 52.6. The van der Waals surface area contributed by atoms with Gasteiger partial charge in [-0.25, -0.2) is 4.79 Å². The highest BCUT2D eigenvalue weighted by Gasteiger charge is 2.49. The average molecular weight is 430 g/mol. The summed E-state index contributed by atoms with van der Waals surface area (Å²) in [6, 6.07) is 7.03. The summed E-state index contributed by atoms with van der Waals surface area (Å²) in [5.74, 6) is -1.24. The topological polar surface area (TPSA) is 96.0 Å². The average Bonchev–Trinajstić information content (AvgIpc) is 2.96. The third kappa shape index (κ3) is 4.43. The smallest absolute Gasteiger partial charge is 0.325 e. The van der Waals surface area contributed by atoms with Gasteiger partial charge in [0.05, 0.1) is 13.0 Å². The van der Waals surface area contributed by atoms with Crippen molar-refractivity contribution in [3.63, 3.8) is 0 Å². The predicted octanol–water partition coefficient (Wildman–Crippen LogP) is 2.16. The van der Waals surface area contributed by atoms with Gasteiger partial charge < -0.3 is 15.0 Å². The molecular formula is C23H31N3O5. The fourth-order valence-corrected chi connectivity index (χ4v) is 4.11. The van der Waals surface area contributed by atoms with Crippen molar-refractivity contribution >= 4 is 23.8 Å². The molecule has 3 rings (SSSR count). The van der Waals surface area contributed by atoms with Crippen LogP contribution in [0, 0.1) is 5.92 Å². The number of esters is 1. The first-order valence-electron chi connectivity index (χ1n) is 10.6. The number of benzene rings is 1. The molecule has 1 atom stereocenters. The van der Waals surface area contributed by atoms with Crippen LogP contribution in [0.4, 0.5) is 4.79 Å². The summed E-state index contributed by atoms with van der Waals surface area (Å²) in [7, 11) is 1.35. The number of ether oxygens (including phenoxy) is 1. The van der Waals surface area contributed by atoms with Crippen LogP contribution in [0.25, 0.3) is 0 Å². The van der Waals surface area contributed by atoms with Crippen LogP contribution in [0.2, 0.25) is 0 Å². The molecule has 1 aromatic carbocycles. The molecule has 31 heavy (non-hydrogen) atoms. The Labute approximate surface area is 182 Å². The second-order valence-corrected chi connectivity index (χ2v) is 9.45. The van der Waals surface area contributed by atoms with Gasteiger partial charge in [-0.15, -0.1) is 0 Å². The third-order valence-corrected chi connectivity index (χ3v) is 6.28. The number of nitrogens with zero attached hydrogens (tertiary/aromatic N) is 2. The normalized spacial score (nSPS) is 22.5. The minimum atomic E-state index is -1.22. The maximum atomic E-state index is 13.1. The highest BCUT2D eigenvalue weighted by molar-refractivity contribution is 6.09. The number of nitrogens with one attached hydrogen (secondary N) is 1. The Kier molecular flexibility index (Phi) is 6.11. The highest BCUT2D eigenvalue weighted by Crippen LogP contribution is 2.31. The van der Waals surface area contributed by atoms with E-state index >= 15 is 0 Å². The van der Waals surface area contributed by atoms with E-state index in [2.05, 4.69) is 26.1 Å². The van der Waals surface area contributed by atoms with Crippen molar-refractivity contribution in [1.82, 2.24) is 15.1 Å². The Morgan fingerprint density at radius 2 is 1.71 bits per heavy atom. The highest BCUT2D eigenvalue weighted by atomic mass is 16.5. The number of amides is 4. The van der Waals surface area contributed by atoms with Gasteiger partial charge in [0.15, 0.2) is 0 Å². The number of methoxy groups -OCH3 is 1. The molecule has 0 bridgehead atoms. The van der Waals surface area contributed by atoms with E-state index in [9.17, 15) is 19.2 Å². The maximum Gasteiger partial charge on any atom is 0.325 e. The molecule has 2 fully saturated rings. The molecule has 4 amide bonds. The van der Waals surface area contributed by atoms with Crippen molar-refractivity contribution in [1.29, 1.82) is 0 Å². The number of urea groups is 1. The fourth-order valence-electron chi connectivity index (χ4n) is 4.11. The van der Waals surface area contributed by atoms with Gasteiger partial charge in [0, 0.05) is 13.1 Å². The molecule has 0 saturated carbocycles. The van der Waals surface area contributed by atoms with Crippen LogP contribution in [0.15, 0.2) is 24.3 Å². The second-order valence-electron chi connectivity index (χ2n) is 9.45. The standard InChI is InChI=1S/C23H31N3O5/c1-22(2,3)16-6-8-17(9-7-16)23(4)20(29)26(21(30)24-23)14-18(27)25-12-10-15(11-13-25)19(28)31-5/h6-9,15H,10-14H2,1-5H3,(H,24,30)/t23-/m0/s1. The van der Waals surface area contributed by atoms with Gasteiger partial charge in [0.2, 0.25) is 5.91 Å². The lowest BCUT2D eigenvalue weighted by molar-refractivity contribution is -0.149. The van der Waals surface area contributed by atoms with Crippen LogP contribution in [0.1, 0.15) is 51.7 Å². The number of carbonyl (C=O) groups is 4. The van der Waals surface area contributed by atoms with Crippen molar-refractivity contribution < 1.29 is 23.9 Å². The Balaban J connectivity index is 1.67. The Morgan fingerprint density at radius 1 is 1.13 bits per heavy atom. The van der Waals surface area contributed by atoms with Gasteiger partial charge >= 0.3 is 12.0 Å². The summed E-state index contributed by atoms with van der Waals surface area (Å²) in [5, 5.41) is 2.75. The van der Waals surface area contributed by atoms with E-state index in [1.54, 1.807) is 11.8 Å². The summed E-state index contributed by atoms with van der Waals surface area (Å²) in [6.45, 7) is 8.45. The molecule has 0 spiro atoms. The van der Waals surface area contributed by atoms with E-state index < -0.39 is 17.5 Å². The van der Waals surface area contributed by atoms with Crippen LogP contribution < -0.4 is 5.32 Å². The molecule has 2 heterocycles. The Hall–Kier alpha value is -2.90. The number of hydrogen-bond acceptors (Lipinski definition) is 5. The molecule has 0 aliphatic carbocycles. The van der Waals surface area contributed by atoms with E-state index in [0.717, 1.165) is 10.5 Å². The first-order valence-corrected chi connectivity index (χ1v) is 10.6. The number of imide groups is 1. The summed E-state index contributed by atoms with van der Waals surface area (Å²) in [6.07, 6.45) is 1.02. The second kappa shape index (κ2) is 8.32. The van der Waals surface area contributed by atoms with Gasteiger partial charge in [-0.1, -0.05) is 45.0 Å². The lowest BCUT2D eigenvalue weighted by Crippen LogP contribution is -2.47. The zero-order valence-electron chi connectivity index (χ0n) is 18.9. The van der Waals surface area contributed by atoms with Crippen molar-refractivity contribution in [2.75, 3.05) is 26.7 Å². The zero-order valence-corrected chi connectivity index (χ0v) is 18.9. The summed E-state index contributed by atoms with van der Waals surface area (Å²) in [5.41, 5.74) is 0.556. The molecule has 168 valence electrons. The maximum absolute atomic E-state index is 13.1. The predicted molar refractivity (Wildman–Crippen MR) is 114 cm³/mol. The SMILES string of the molecule is COC(=O)C1CCN(C(=O)CN2C(=O)N[C@@](C)(c3ccc(C(C)(C)C)cc3)C2=O)CC1. The number of hydrogen-bond donors (Lipinski definition) is 1. The van der Waals surface area contributed by atoms with Crippen molar-refractivity contribution in [3.05, 3.63) is 35.4 Å². The summed E-state index contributed by atoms with van der Waals surface area (Å²) >= 11 is 0. The lowest BCUT2D eigenvalue weighted by Gasteiger charge is -2.31. The van der Waals surface area contributed by atoms with E-state index in [0.29, 0.717) is 31.5 Å². The number of likely N-dealkylation sites (tertiary alicyclic amines) is 1. The Bertz CT molecular complexity index is 881. The minimum Gasteiger partial charge on any atom is -0.469 e. The van der Waals surface area contributed by atoms with Crippen LogP contribution in [-0.4, -0.2) is 60.4 Å². The number of carbonyl (C=O) groups excluding carboxylic acids is 4. The fraction of sp³-hybridized carbons (Fsp3) is 0.565. The Morgan fingerprint density at radius 3 is 2.23 bits per heavy atom. The molecule has 8 nitrogen and oxygen atoms in total. The van der Waals surface area contributed by atoms with Crippen LogP contribution >= 0.6 is 0 Å². The van der Waals surface area contributed by atoms with E-state index in [1.807, 2.05) is 24.3 Å². The first-order chi connectivity index (χ1) is 14.5. The number of piperidine rings is 1. The molecule has 8 heteroatoms. The van der Waals surface area contributed by atoms with Gasteiger partial charge in [0.25, 0.3) is 5.91 Å². The zero-order chi connectivity index (χ0) is 23.0. The lowest BCUT2D eigenvalue weighted by atomic mass is 9.84. The molecule has 2 saturated heterocycles. The molecule has 2 aliphatic rings. The molecule has 1 N–H and O–H groups in total. The van der Waals surface area contributed by atoms with Crippen molar-refractivity contribution in [3.8, 4) is 0 Å². The van der Waals surface area contributed by atoms with Gasteiger partial charge in [-0.3, -0.25) is 19.3 Å². The van der Waals surface area contributed by atoms with Gasteiger partial charge in [-0.2, -0.15) is 0 Å². The molecule has 0 aromatic heterocycles. The first kappa shape index (κ1) is 22.8. The van der Waals surface area contributed by atoms with Crippen molar-refractivity contribution in [2.24, 2.45) is 5.92 Å².